The van der Waals surface area contributed by atoms with Gasteiger partial charge in [0.1, 0.15) is 0 Å². The second-order valence-electron chi connectivity index (χ2n) is 8.13. The largest absolute Gasteiger partial charge is 0.417 e. The summed E-state index contributed by atoms with van der Waals surface area (Å²) in [4.78, 5) is 14.5. The van der Waals surface area contributed by atoms with Crippen LogP contribution in [0.1, 0.15) is 39.2 Å². The third-order valence-electron chi connectivity index (χ3n) is 5.36. The van der Waals surface area contributed by atoms with Gasteiger partial charge in [-0.2, -0.15) is 0 Å². The minimum atomic E-state index is -1.70. The van der Waals surface area contributed by atoms with E-state index in [0.29, 0.717) is 12.5 Å². The molecule has 4 heteroatoms. The summed E-state index contributed by atoms with van der Waals surface area (Å²) in [6.07, 6.45) is 1.82. The Hall–Kier alpha value is -1.13. The molecule has 1 aromatic carbocycles. The van der Waals surface area contributed by atoms with Crippen LogP contribution in [0.15, 0.2) is 30.3 Å². The maximum absolute atomic E-state index is 12.5. The fourth-order valence-electron chi connectivity index (χ4n) is 2.70. The predicted octanol–water partition coefficient (Wildman–Crippen LogP) is 4.45. The molecule has 0 N–H and O–H groups in total. The molecular weight excluding hydrogens is 302 g/mol. The molecule has 1 heterocycles. The fourth-order valence-corrected chi connectivity index (χ4v) is 3.77. The first kappa shape index (κ1) is 18.2. The van der Waals surface area contributed by atoms with Crippen LogP contribution in [0.3, 0.4) is 0 Å². The summed E-state index contributed by atoms with van der Waals surface area (Å²) in [5.41, 5.74) is 1.21. The third-order valence-corrected chi connectivity index (χ3v) is 9.90. The zero-order chi connectivity index (χ0) is 17.1. The van der Waals surface area contributed by atoms with E-state index < -0.39 is 8.32 Å². The molecule has 0 spiro atoms. The van der Waals surface area contributed by atoms with Gasteiger partial charge in [-0.1, -0.05) is 51.1 Å². The van der Waals surface area contributed by atoms with Crippen molar-refractivity contribution in [2.75, 3.05) is 13.2 Å². The quantitative estimate of drug-likeness (QED) is 0.720. The van der Waals surface area contributed by atoms with Crippen molar-refractivity contribution in [2.45, 2.75) is 58.3 Å². The average molecular weight is 334 g/mol. The number of rotatable bonds is 6. The SMILES string of the molecule is CC(C)(C)[Si](C)(C)OCCC1CCN(Cc2ccccc2)C1=O. The van der Waals surface area contributed by atoms with E-state index in [1.165, 1.54) is 5.56 Å². The Morgan fingerprint density at radius 1 is 1.22 bits per heavy atom. The number of likely N-dealkylation sites (tertiary alicyclic amines) is 1. The standard InChI is InChI=1S/C19H31NO2Si/c1-19(2,3)23(4,5)22-14-12-17-11-13-20(18(17)21)15-16-9-7-6-8-10-16/h6-10,17H,11-15H2,1-5H3. The molecule has 0 aromatic heterocycles. The van der Waals surface area contributed by atoms with Crippen molar-refractivity contribution in [2.24, 2.45) is 5.92 Å². The van der Waals surface area contributed by atoms with Gasteiger partial charge in [-0.3, -0.25) is 4.79 Å². The second-order valence-corrected chi connectivity index (χ2v) is 12.9. The molecule has 1 unspecified atom stereocenters. The molecular formula is C19H31NO2Si. The number of hydrogen-bond donors (Lipinski definition) is 0. The van der Waals surface area contributed by atoms with Gasteiger partial charge < -0.3 is 9.33 Å². The highest BCUT2D eigenvalue weighted by Gasteiger charge is 2.38. The third kappa shape index (κ3) is 4.67. The van der Waals surface area contributed by atoms with Crippen molar-refractivity contribution in [3.8, 4) is 0 Å². The van der Waals surface area contributed by atoms with Gasteiger partial charge in [-0.15, -0.1) is 0 Å². The molecule has 23 heavy (non-hydrogen) atoms. The molecule has 2 rings (SSSR count). The summed E-state index contributed by atoms with van der Waals surface area (Å²) in [6, 6.07) is 10.2. The van der Waals surface area contributed by atoms with E-state index in [-0.39, 0.29) is 11.0 Å². The highest BCUT2D eigenvalue weighted by atomic mass is 28.4. The number of nitrogens with zero attached hydrogens (tertiary/aromatic N) is 1. The van der Waals surface area contributed by atoms with Crippen LogP contribution in [0.25, 0.3) is 0 Å². The van der Waals surface area contributed by atoms with Crippen molar-refractivity contribution in [1.29, 1.82) is 0 Å². The topological polar surface area (TPSA) is 29.5 Å². The molecule has 0 radical (unpaired) electrons. The first-order chi connectivity index (χ1) is 10.7. The number of benzene rings is 1. The van der Waals surface area contributed by atoms with Crippen molar-refractivity contribution in [1.82, 2.24) is 4.90 Å². The number of carbonyl (C=O) groups is 1. The van der Waals surface area contributed by atoms with E-state index >= 15 is 0 Å². The summed E-state index contributed by atoms with van der Waals surface area (Å²) in [5, 5.41) is 0.228. The second kappa shape index (κ2) is 7.18. The van der Waals surface area contributed by atoms with Crippen LogP contribution in [-0.2, 0) is 15.8 Å². The summed E-state index contributed by atoms with van der Waals surface area (Å²) in [7, 11) is -1.70. The van der Waals surface area contributed by atoms with Gasteiger partial charge in [-0.25, -0.2) is 0 Å². The monoisotopic (exact) mass is 333 g/mol. The normalized spacial score (nSPS) is 19.4. The van der Waals surface area contributed by atoms with Gasteiger partial charge in [0.25, 0.3) is 0 Å². The van der Waals surface area contributed by atoms with E-state index in [9.17, 15) is 4.79 Å². The number of amides is 1. The highest BCUT2D eigenvalue weighted by molar-refractivity contribution is 6.74. The molecule has 1 fully saturated rings. The first-order valence-corrected chi connectivity index (χ1v) is 11.6. The van der Waals surface area contributed by atoms with Crippen molar-refractivity contribution >= 4 is 14.2 Å². The lowest BCUT2D eigenvalue weighted by molar-refractivity contribution is -0.131. The maximum atomic E-state index is 12.5. The molecule has 0 aliphatic carbocycles. The molecule has 1 aliphatic rings. The van der Waals surface area contributed by atoms with Gasteiger partial charge >= 0.3 is 0 Å². The number of hydrogen-bond acceptors (Lipinski definition) is 2. The summed E-state index contributed by atoms with van der Waals surface area (Å²) < 4.78 is 6.23. The molecule has 1 saturated heterocycles. The van der Waals surface area contributed by atoms with Crippen molar-refractivity contribution in [3.05, 3.63) is 35.9 Å². The van der Waals surface area contributed by atoms with Crippen LogP contribution in [0.5, 0.6) is 0 Å². The lowest BCUT2D eigenvalue weighted by Gasteiger charge is -2.36. The van der Waals surface area contributed by atoms with Gasteiger partial charge in [-0.05, 0) is 36.5 Å². The Balaban J connectivity index is 1.81. The van der Waals surface area contributed by atoms with Crippen LogP contribution in [0.4, 0.5) is 0 Å². The Labute approximate surface area is 142 Å². The van der Waals surface area contributed by atoms with E-state index in [4.69, 9.17) is 4.43 Å². The van der Waals surface area contributed by atoms with Crippen molar-refractivity contribution in [3.63, 3.8) is 0 Å². The van der Waals surface area contributed by atoms with Crippen molar-refractivity contribution < 1.29 is 9.22 Å². The zero-order valence-electron chi connectivity index (χ0n) is 15.3. The van der Waals surface area contributed by atoms with Gasteiger partial charge in [0, 0.05) is 25.6 Å². The Bertz CT molecular complexity index is 522. The van der Waals surface area contributed by atoms with E-state index in [2.05, 4.69) is 46.0 Å². The molecule has 1 atom stereocenters. The van der Waals surface area contributed by atoms with Crippen LogP contribution in [-0.4, -0.2) is 32.3 Å². The summed E-state index contributed by atoms with van der Waals surface area (Å²) in [6.45, 7) is 13.6. The minimum absolute atomic E-state index is 0.142. The molecule has 1 aliphatic heterocycles. The first-order valence-electron chi connectivity index (χ1n) is 8.67. The summed E-state index contributed by atoms with van der Waals surface area (Å²) in [5.74, 6) is 0.441. The smallest absolute Gasteiger partial charge is 0.226 e. The van der Waals surface area contributed by atoms with Crippen LogP contribution in [0, 0.1) is 5.92 Å². The predicted molar refractivity (Wildman–Crippen MR) is 97.7 cm³/mol. The van der Waals surface area contributed by atoms with E-state index in [0.717, 1.165) is 25.9 Å². The van der Waals surface area contributed by atoms with Crippen LogP contribution < -0.4 is 0 Å². The van der Waals surface area contributed by atoms with E-state index in [1.807, 2.05) is 23.1 Å². The molecule has 128 valence electrons. The fraction of sp³-hybridized carbons (Fsp3) is 0.632. The Morgan fingerprint density at radius 2 is 1.87 bits per heavy atom. The van der Waals surface area contributed by atoms with Gasteiger partial charge in [0.15, 0.2) is 8.32 Å². The van der Waals surface area contributed by atoms with Gasteiger partial charge in [0.05, 0.1) is 0 Å². The lowest BCUT2D eigenvalue weighted by Crippen LogP contribution is -2.41. The molecule has 1 amide bonds. The summed E-state index contributed by atoms with van der Waals surface area (Å²) >= 11 is 0. The Kier molecular flexibility index (Phi) is 5.68. The Morgan fingerprint density at radius 3 is 2.48 bits per heavy atom. The van der Waals surface area contributed by atoms with Crippen LogP contribution >= 0.6 is 0 Å². The van der Waals surface area contributed by atoms with E-state index in [1.54, 1.807) is 0 Å². The lowest BCUT2D eigenvalue weighted by atomic mass is 10.1. The molecule has 1 aromatic rings. The number of carbonyl (C=O) groups excluding carboxylic acids is 1. The molecule has 0 bridgehead atoms. The minimum Gasteiger partial charge on any atom is -0.417 e. The molecule has 3 nitrogen and oxygen atoms in total. The zero-order valence-corrected chi connectivity index (χ0v) is 16.3. The van der Waals surface area contributed by atoms with Gasteiger partial charge in [0.2, 0.25) is 5.91 Å². The highest BCUT2D eigenvalue weighted by Crippen LogP contribution is 2.37. The maximum Gasteiger partial charge on any atom is 0.226 e. The average Bonchev–Trinajstić information content (AvgIpc) is 2.80. The van der Waals surface area contributed by atoms with Crippen LogP contribution in [0.2, 0.25) is 18.1 Å². The molecule has 0 saturated carbocycles.